The standard InChI is InChI=1S/C13H15BrO2/c1-8-4-3-5-11(8)16-12-7-6-10(15)13(14)9(12)2/h6-7,11,15H,1,3-5H2,2H3. The van der Waals surface area contributed by atoms with Crippen molar-refractivity contribution in [2.75, 3.05) is 0 Å². The van der Waals surface area contributed by atoms with E-state index >= 15 is 0 Å². The van der Waals surface area contributed by atoms with Crippen molar-refractivity contribution in [3.8, 4) is 11.5 Å². The van der Waals surface area contributed by atoms with Crippen LogP contribution in [0.3, 0.4) is 0 Å². The lowest BCUT2D eigenvalue weighted by Crippen LogP contribution is -2.13. The zero-order valence-electron chi connectivity index (χ0n) is 9.29. The first-order chi connectivity index (χ1) is 7.59. The summed E-state index contributed by atoms with van der Waals surface area (Å²) in [6, 6.07) is 3.45. The van der Waals surface area contributed by atoms with E-state index in [9.17, 15) is 5.11 Å². The molecule has 2 nitrogen and oxygen atoms in total. The molecule has 86 valence electrons. The fourth-order valence-electron chi connectivity index (χ4n) is 1.96. The van der Waals surface area contributed by atoms with E-state index in [2.05, 4.69) is 22.5 Å². The number of halogens is 1. The van der Waals surface area contributed by atoms with Gasteiger partial charge in [-0.3, -0.25) is 0 Å². The van der Waals surface area contributed by atoms with Gasteiger partial charge < -0.3 is 9.84 Å². The summed E-state index contributed by atoms with van der Waals surface area (Å²) in [5, 5.41) is 9.52. The first-order valence-electron chi connectivity index (χ1n) is 5.42. The highest BCUT2D eigenvalue weighted by molar-refractivity contribution is 9.10. The summed E-state index contributed by atoms with van der Waals surface area (Å²) in [6.45, 7) is 5.94. The van der Waals surface area contributed by atoms with E-state index in [1.807, 2.05) is 6.92 Å². The van der Waals surface area contributed by atoms with Crippen molar-refractivity contribution in [2.45, 2.75) is 32.3 Å². The smallest absolute Gasteiger partial charge is 0.130 e. The molecule has 1 atom stereocenters. The van der Waals surface area contributed by atoms with Crippen molar-refractivity contribution in [1.82, 2.24) is 0 Å². The number of rotatable bonds is 2. The number of hydrogen-bond donors (Lipinski definition) is 1. The minimum Gasteiger partial charge on any atom is -0.507 e. The maximum Gasteiger partial charge on any atom is 0.130 e. The second-order valence-electron chi connectivity index (χ2n) is 4.18. The largest absolute Gasteiger partial charge is 0.507 e. The Bertz CT molecular complexity index is 426. The van der Waals surface area contributed by atoms with Gasteiger partial charge in [-0.15, -0.1) is 0 Å². The molecule has 0 radical (unpaired) electrons. The van der Waals surface area contributed by atoms with Gasteiger partial charge in [-0.2, -0.15) is 0 Å². The van der Waals surface area contributed by atoms with E-state index in [4.69, 9.17) is 4.74 Å². The maximum atomic E-state index is 9.52. The normalized spacial score (nSPS) is 20.1. The van der Waals surface area contributed by atoms with Gasteiger partial charge in [0.2, 0.25) is 0 Å². The van der Waals surface area contributed by atoms with Gasteiger partial charge in [-0.05, 0) is 59.8 Å². The van der Waals surface area contributed by atoms with Gasteiger partial charge in [0.1, 0.15) is 17.6 Å². The van der Waals surface area contributed by atoms with E-state index in [-0.39, 0.29) is 11.9 Å². The SMILES string of the molecule is C=C1CCCC1Oc1ccc(O)c(Br)c1C. The molecule has 3 heteroatoms. The first kappa shape index (κ1) is 11.5. The van der Waals surface area contributed by atoms with E-state index in [1.165, 1.54) is 5.57 Å². The van der Waals surface area contributed by atoms with Crippen LogP contribution < -0.4 is 4.74 Å². The van der Waals surface area contributed by atoms with E-state index in [1.54, 1.807) is 12.1 Å². The Balaban J connectivity index is 2.22. The average Bonchev–Trinajstić information content (AvgIpc) is 2.65. The summed E-state index contributed by atoms with van der Waals surface area (Å²) in [7, 11) is 0. The summed E-state index contributed by atoms with van der Waals surface area (Å²) in [6.07, 6.45) is 3.39. The third-order valence-electron chi connectivity index (χ3n) is 3.01. The van der Waals surface area contributed by atoms with Gasteiger partial charge in [-0.1, -0.05) is 6.58 Å². The highest BCUT2D eigenvalue weighted by atomic mass is 79.9. The molecular weight excluding hydrogens is 268 g/mol. The lowest BCUT2D eigenvalue weighted by Gasteiger charge is -2.17. The molecule has 1 aromatic rings. The van der Waals surface area contributed by atoms with Crippen molar-refractivity contribution in [2.24, 2.45) is 0 Å². The zero-order chi connectivity index (χ0) is 11.7. The molecule has 0 heterocycles. The maximum absolute atomic E-state index is 9.52. The van der Waals surface area contributed by atoms with E-state index in [0.717, 1.165) is 30.6 Å². The van der Waals surface area contributed by atoms with Crippen molar-refractivity contribution in [3.63, 3.8) is 0 Å². The Morgan fingerprint density at radius 2 is 2.25 bits per heavy atom. The number of hydrogen-bond acceptors (Lipinski definition) is 2. The van der Waals surface area contributed by atoms with Gasteiger partial charge in [0.05, 0.1) is 4.47 Å². The Morgan fingerprint density at radius 1 is 1.50 bits per heavy atom. The lowest BCUT2D eigenvalue weighted by molar-refractivity contribution is 0.242. The number of phenols is 1. The van der Waals surface area contributed by atoms with Crippen LogP contribution in [-0.4, -0.2) is 11.2 Å². The van der Waals surface area contributed by atoms with Gasteiger partial charge in [0, 0.05) is 5.56 Å². The molecule has 1 aromatic carbocycles. The number of phenolic OH excluding ortho intramolecular Hbond substituents is 1. The average molecular weight is 283 g/mol. The van der Waals surface area contributed by atoms with Crippen LogP contribution in [0.5, 0.6) is 11.5 Å². The molecule has 16 heavy (non-hydrogen) atoms. The van der Waals surface area contributed by atoms with Crippen LogP contribution in [-0.2, 0) is 0 Å². The molecule has 1 fully saturated rings. The van der Waals surface area contributed by atoms with Gasteiger partial charge >= 0.3 is 0 Å². The Hall–Kier alpha value is -0.960. The molecule has 1 N–H and O–H groups in total. The second-order valence-corrected chi connectivity index (χ2v) is 4.97. The van der Waals surface area contributed by atoms with Crippen LogP contribution >= 0.6 is 15.9 Å². The lowest BCUT2D eigenvalue weighted by atomic mass is 10.2. The second kappa shape index (κ2) is 4.50. The topological polar surface area (TPSA) is 29.5 Å². The first-order valence-corrected chi connectivity index (χ1v) is 6.21. The highest BCUT2D eigenvalue weighted by Gasteiger charge is 2.21. The monoisotopic (exact) mass is 282 g/mol. The molecule has 0 aliphatic heterocycles. The van der Waals surface area contributed by atoms with Crippen LogP contribution in [0.25, 0.3) is 0 Å². The van der Waals surface area contributed by atoms with Crippen LogP contribution in [0.15, 0.2) is 28.8 Å². The molecule has 1 aliphatic carbocycles. The van der Waals surface area contributed by atoms with E-state index in [0.29, 0.717) is 4.47 Å². The van der Waals surface area contributed by atoms with Crippen LogP contribution in [0, 0.1) is 6.92 Å². The van der Waals surface area contributed by atoms with Crippen LogP contribution in [0.4, 0.5) is 0 Å². The minimum absolute atomic E-state index is 0.134. The van der Waals surface area contributed by atoms with Crippen molar-refractivity contribution in [1.29, 1.82) is 0 Å². The zero-order valence-corrected chi connectivity index (χ0v) is 10.9. The van der Waals surface area contributed by atoms with Gasteiger partial charge in [-0.25, -0.2) is 0 Å². The summed E-state index contributed by atoms with van der Waals surface area (Å²) in [4.78, 5) is 0. The third kappa shape index (κ3) is 2.09. The number of ether oxygens (including phenoxy) is 1. The van der Waals surface area contributed by atoms with Gasteiger partial charge in [0.15, 0.2) is 0 Å². The summed E-state index contributed by atoms with van der Waals surface area (Å²) in [5.74, 6) is 1.06. The molecule has 1 unspecified atom stereocenters. The molecular formula is C13H15BrO2. The molecule has 0 spiro atoms. The van der Waals surface area contributed by atoms with Crippen LogP contribution in [0.1, 0.15) is 24.8 Å². The van der Waals surface area contributed by atoms with E-state index < -0.39 is 0 Å². The molecule has 1 aliphatic rings. The third-order valence-corrected chi connectivity index (χ3v) is 4.01. The predicted molar refractivity (Wildman–Crippen MR) is 68.0 cm³/mol. The van der Waals surface area contributed by atoms with Gasteiger partial charge in [0.25, 0.3) is 0 Å². The summed E-state index contributed by atoms with van der Waals surface area (Å²) >= 11 is 3.34. The molecule has 0 saturated heterocycles. The van der Waals surface area contributed by atoms with Crippen molar-refractivity contribution < 1.29 is 9.84 Å². The predicted octanol–water partition coefficient (Wildman–Crippen LogP) is 3.95. The number of benzene rings is 1. The highest BCUT2D eigenvalue weighted by Crippen LogP contribution is 2.36. The summed E-state index contributed by atoms with van der Waals surface area (Å²) < 4.78 is 6.62. The molecule has 0 amide bonds. The Kier molecular flexibility index (Phi) is 3.24. The fraction of sp³-hybridized carbons (Fsp3) is 0.385. The quantitative estimate of drug-likeness (QED) is 0.833. The summed E-state index contributed by atoms with van der Waals surface area (Å²) in [5.41, 5.74) is 2.10. The van der Waals surface area contributed by atoms with Crippen molar-refractivity contribution >= 4 is 15.9 Å². The molecule has 1 saturated carbocycles. The fourth-order valence-corrected chi connectivity index (χ4v) is 2.28. The minimum atomic E-state index is 0.134. The Morgan fingerprint density at radius 3 is 2.88 bits per heavy atom. The molecule has 2 rings (SSSR count). The van der Waals surface area contributed by atoms with Crippen LogP contribution in [0.2, 0.25) is 0 Å². The molecule has 0 aromatic heterocycles. The Labute approximate surface area is 104 Å². The van der Waals surface area contributed by atoms with Crippen molar-refractivity contribution in [3.05, 3.63) is 34.3 Å². The number of aromatic hydroxyl groups is 1. The molecule has 0 bridgehead atoms.